The number of hydrogen-bond acceptors (Lipinski definition) is 3. The van der Waals surface area contributed by atoms with Gasteiger partial charge in [-0.15, -0.1) is 0 Å². The fourth-order valence-corrected chi connectivity index (χ4v) is 1.91. The molecule has 2 heterocycles. The lowest BCUT2D eigenvalue weighted by Crippen LogP contribution is -2.21. The number of ether oxygens (including phenoxy) is 1. The molecule has 1 aliphatic heterocycles. The molecule has 1 aromatic rings. The number of aromatic nitrogens is 2. The first-order valence-electron chi connectivity index (χ1n) is 5.74. The Morgan fingerprint density at radius 3 is 2.94 bits per heavy atom. The second kappa shape index (κ2) is 5.27. The van der Waals surface area contributed by atoms with Crippen molar-refractivity contribution in [3.8, 4) is 0 Å². The van der Waals surface area contributed by atoms with E-state index in [1.165, 1.54) is 11.1 Å². The van der Waals surface area contributed by atoms with Crippen LogP contribution in [0.2, 0.25) is 0 Å². The molecule has 0 amide bonds. The Balaban J connectivity index is 1.82. The number of hydrogen-bond donors (Lipinski definition) is 2. The van der Waals surface area contributed by atoms with Gasteiger partial charge < -0.3 is 10.1 Å². The molecule has 0 radical (unpaired) electrons. The van der Waals surface area contributed by atoms with E-state index in [2.05, 4.69) is 28.5 Å². The van der Waals surface area contributed by atoms with E-state index >= 15 is 0 Å². The molecule has 0 aromatic carbocycles. The highest BCUT2D eigenvalue weighted by molar-refractivity contribution is 5.23. The molecule has 0 saturated carbocycles. The molecule has 88 valence electrons. The van der Waals surface area contributed by atoms with E-state index in [0.717, 1.165) is 44.1 Å². The van der Waals surface area contributed by atoms with Gasteiger partial charge in [-0.2, -0.15) is 5.10 Å². The van der Waals surface area contributed by atoms with E-state index in [1.54, 1.807) is 0 Å². The summed E-state index contributed by atoms with van der Waals surface area (Å²) in [6, 6.07) is 0. The summed E-state index contributed by atoms with van der Waals surface area (Å²) >= 11 is 0. The van der Waals surface area contributed by atoms with Gasteiger partial charge in [-0.3, -0.25) is 5.10 Å². The molecule has 4 nitrogen and oxygen atoms in total. The summed E-state index contributed by atoms with van der Waals surface area (Å²) in [6.45, 7) is 7.50. The fraction of sp³-hybridized carbons (Fsp3) is 0.583. The van der Waals surface area contributed by atoms with Crippen molar-refractivity contribution in [2.75, 3.05) is 19.8 Å². The van der Waals surface area contributed by atoms with Crippen LogP contribution >= 0.6 is 0 Å². The van der Waals surface area contributed by atoms with Gasteiger partial charge in [0.15, 0.2) is 0 Å². The quantitative estimate of drug-likeness (QED) is 0.757. The molecule has 0 atom stereocenters. The maximum absolute atomic E-state index is 5.39. The molecular weight excluding hydrogens is 202 g/mol. The highest BCUT2D eigenvalue weighted by Gasteiger charge is 2.07. The second-order valence-corrected chi connectivity index (χ2v) is 4.22. The van der Waals surface area contributed by atoms with Gasteiger partial charge in [0.2, 0.25) is 0 Å². The van der Waals surface area contributed by atoms with Crippen LogP contribution in [0.15, 0.2) is 11.6 Å². The lowest BCUT2D eigenvalue weighted by molar-refractivity contribution is 0.149. The van der Waals surface area contributed by atoms with Crippen LogP contribution in [-0.2, 0) is 11.3 Å². The van der Waals surface area contributed by atoms with Gasteiger partial charge in [-0.05, 0) is 25.8 Å². The lowest BCUT2D eigenvalue weighted by atomic mass is 10.1. The summed E-state index contributed by atoms with van der Waals surface area (Å²) in [5.74, 6) is 0. The summed E-state index contributed by atoms with van der Waals surface area (Å²) in [5.41, 5.74) is 4.86. The van der Waals surface area contributed by atoms with Crippen molar-refractivity contribution in [1.82, 2.24) is 15.5 Å². The van der Waals surface area contributed by atoms with Gasteiger partial charge in [-0.25, -0.2) is 0 Å². The normalized spacial score (nSPS) is 16.2. The van der Waals surface area contributed by atoms with Crippen molar-refractivity contribution in [3.05, 3.63) is 28.6 Å². The van der Waals surface area contributed by atoms with Gasteiger partial charge in [-0.1, -0.05) is 6.08 Å². The fourth-order valence-electron chi connectivity index (χ4n) is 1.91. The third-order valence-corrected chi connectivity index (χ3v) is 2.92. The van der Waals surface area contributed by atoms with E-state index in [-0.39, 0.29) is 0 Å². The monoisotopic (exact) mass is 221 g/mol. The summed E-state index contributed by atoms with van der Waals surface area (Å²) in [5, 5.41) is 10.6. The largest absolute Gasteiger partial charge is 0.377 e. The van der Waals surface area contributed by atoms with E-state index in [1.807, 2.05) is 6.92 Å². The lowest BCUT2D eigenvalue weighted by Gasteiger charge is -2.14. The van der Waals surface area contributed by atoms with Gasteiger partial charge in [0.05, 0.1) is 18.9 Å². The number of aryl methyl sites for hydroxylation is 2. The highest BCUT2D eigenvalue weighted by Crippen LogP contribution is 2.09. The maximum atomic E-state index is 5.39. The first kappa shape index (κ1) is 11.4. The third kappa shape index (κ3) is 2.71. The van der Waals surface area contributed by atoms with Crippen molar-refractivity contribution >= 4 is 0 Å². The zero-order chi connectivity index (χ0) is 11.4. The Morgan fingerprint density at radius 2 is 2.31 bits per heavy atom. The molecule has 0 spiro atoms. The Hall–Kier alpha value is -1.13. The van der Waals surface area contributed by atoms with Gasteiger partial charge in [0.25, 0.3) is 0 Å². The second-order valence-electron chi connectivity index (χ2n) is 4.22. The molecular formula is C12H19N3O. The van der Waals surface area contributed by atoms with Crippen LogP contribution in [0.5, 0.6) is 0 Å². The SMILES string of the molecule is Cc1n[nH]c(C)c1CNCC1=CCCOC1. The number of H-pyrrole nitrogens is 1. The minimum Gasteiger partial charge on any atom is -0.377 e. The first-order valence-corrected chi connectivity index (χ1v) is 5.74. The Morgan fingerprint density at radius 1 is 1.44 bits per heavy atom. The van der Waals surface area contributed by atoms with Crippen LogP contribution in [-0.4, -0.2) is 30.0 Å². The third-order valence-electron chi connectivity index (χ3n) is 2.92. The molecule has 2 rings (SSSR count). The van der Waals surface area contributed by atoms with Gasteiger partial charge >= 0.3 is 0 Å². The van der Waals surface area contributed by atoms with Crippen molar-refractivity contribution in [2.24, 2.45) is 0 Å². The van der Waals surface area contributed by atoms with Crippen LogP contribution < -0.4 is 5.32 Å². The molecule has 4 heteroatoms. The number of nitrogens with zero attached hydrogens (tertiary/aromatic N) is 1. The van der Waals surface area contributed by atoms with E-state index in [9.17, 15) is 0 Å². The van der Waals surface area contributed by atoms with Gasteiger partial charge in [0.1, 0.15) is 0 Å². The summed E-state index contributed by atoms with van der Waals surface area (Å²) in [7, 11) is 0. The van der Waals surface area contributed by atoms with Crippen LogP contribution in [0.4, 0.5) is 0 Å². The molecule has 0 aliphatic carbocycles. The van der Waals surface area contributed by atoms with Crippen molar-refractivity contribution in [3.63, 3.8) is 0 Å². The summed E-state index contributed by atoms with van der Waals surface area (Å²) in [6.07, 6.45) is 3.31. The average Bonchev–Trinajstić information content (AvgIpc) is 2.62. The van der Waals surface area contributed by atoms with Crippen molar-refractivity contribution < 1.29 is 4.74 Å². The predicted octanol–water partition coefficient (Wildman–Crippen LogP) is 1.46. The Kier molecular flexibility index (Phi) is 3.74. The minimum atomic E-state index is 0.774. The van der Waals surface area contributed by atoms with Crippen molar-refractivity contribution in [1.29, 1.82) is 0 Å². The smallest absolute Gasteiger partial charge is 0.0689 e. The van der Waals surface area contributed by atoms with Crippen LogP contribution in [0.3, 0.4) is 0 Å². The number of aromatic amines is 1. The van der Waals surface area contributed by atoms with Crippen LogP contribution in [0, 0.1) is 13.8 Å². The van der Waals surface area contributed by atoms with E-state index < -0.39 is 0 Å². The van der Waals surface area contributed by atoms with Crippen LogP contribution in [0.1, 0.15) is 23.4 Å². The van der Waals surface area contributed by atoms with Gasteiger partial charge in [0, 0.05) is 24.3 Å². The Bertz CT molecular complexity index is 362. The van der Waals surface area contributed by atoms with E-state index in [0.29, 0.717) is 0 Å². The van der Waals surface area contributed by atoms with Crippen molar-refractivity contribution in [2.45, 2.75) is 26.8 Å². The van der Waals surface area contributed by atoms with E-state index in [4.69, 9.17) is 4.74 Å². The summed E-state index contributed by atoms with van der Waals surface area (Å²) in [4.78, 5) is 0. The molecule has 0 bridgehead atoms. The Labute approximate surface area is 96.1 Å². The summed E-state index contributed by atoms with van der Waals surface area (Å²) < 4.78 is 5.39. The number of rotatable bonds is 4. The minimum absolute atomic E-state index is 0.774. The standard InChI is InChI=1S/C12H19N3O/c1-9-12(10(2)15-14-9)7-13-6-11-4-3-5-16-8-11/h4,13H,3,5-8H2,1-2H3,(H,14,15). The number of nitrogens with one attached hydrogen (secondary N) is 2. The maximum Gasteiger partial charge on any atom is 0.0689 e. The molecule has 16 heavy (non-hydrogen) atoms. The topological polar surface area (TPSA) is 49.9 Å². The predicted molar refractivity (Wildman–Crippen MR) is 63.3 cm³/mol. The molecule has 0 unspecified atom stereocenters. The highest BCUT2D eigenvalue weighted by atomic mass is 16.5. The molecule has 1 aromatic heterocycles. The molecule has 2 N–H and O–H groups in total. The molecule has 0 saturated heterocycles. The zero-order valence-electron chi connectivity index (χ0n) is 9.97. The van der Waals surface area contributed by atoms with Crippen LogP contribution in [0.25, 0.3) is 0 Å². The zero-order valence-corrected chi connectivity index (χ0v) is 9.97. The average molecular weight is 221 g/mol. The molecule has 0 fully saturated rings. The first-order chi connectivity index (χ1) is 7.77. The molecule has 1 aliphatic rings.